The van der Waals surface area contributed by atoms with E-state index in [1.54, 1.807) is 19.1 Å². The molecular weight excluding hydrogens is 260 g/mol. The highest BCUT2D eigenvalue weighted by atomic mass is 32.2. The second-order valence-corrected chi connectivity index (χ2v) is 7.47. The van der Waals surface area contributed by atoms with Crippen molar-refractivity contribution in [1.82, 2.24) is 0 Å². The van der Waals surface area contributed by atoms with Crippen LogP contribution >= 0.6 is 0 Å². The Balaban J connectivity index is 2.12. The van der Waals surface area contributed by atoms with E-state index in [1.807, 2.05) is 12.1 Å². The van der Waals surface area contributed by atoms with Crippen LogP contribution in [-0.4, -0.2) is 26.4 Å². The zero-order chi connectivity index (χ0) is 14.0. The van der Waals surface area contributed by atoms with Crippen molar-refractivity contribution >= 4 is 9.84 Å². The fraction of sp³-hybridized carbons (Fsp3) is 0.600. The predicted molar refractivity (Wildman–Crippen MR) is 76.2 cm³/mol. The van der Waals surface area contributed by atoms with Crippen molar-refractivity contribution in [3.05, 3.63) is 29.8 Å². The Hall–Kier alpha value is -0.870. The van der Waals surface area contributed by atoms with Crippen molar-refractivity contribution in [1.29, 1.82) is 0 Å². The standard InChI is InChI=1S/C15H22O3S/c1-4-12(10-15-11(3)18-15)13-6-8-14(9-7-13)19(16,17)5-2/h6-9,11-12,15H,4-5,10H2,1-3H3. The lowest BCUT2D eigenvalue weighted by molar-refractivity contribution is 0.357. The van der Waals surface area contributed by atoms with E-state index in [4.69, 9.17) is 4.74 Å². The lowest BCUT2D eigenvalue weighted by Gasteiger charge is -2.14. The number of benzene rings is 1. The van der Waals surface area contributed by atoms with Crippen molar-refractivity contribution in [2.45, 2.75) is 56.6 Å². The summed E-state index contributed by atoms with van der Waals surface area (Å²) in [5, 5.41) is 0. The van der Waals surface area contributed by atoms with Gasteiger partial charge in [0.1, 0.15) is 0 Å². The van der Waals surface area contributed by atoms with Gasteiger partial charge >= 0.3 is 0 Å². The first kappa shape index (κ1) is 14.5. The van der Waals surface area contributed by atoms with Gasteiger partial charge in [-0.1, -0.05) is 26.0 Å². The van der Waals surface area contributed by atoms with Gasteiger partial charge in [-0.15, -0.1) is 0 Å². The summed E-state index contributed by atoms with van der Waals surface area (Å²) in [6.07, 6.45) is 2.84. The van der Waals surface area contributed by atoms with Crippen LogP contribution in [-0.2, 0) is 14.6 Å². The summed E-state index contributed by atoms with van der Waals surface area (Å²) >= 11 is 0. The first-order valence-electron chi connectivity index (χ1n) is 6.96. The van der Waals surface area contributed by atoms with Crippen LogP contribution in [0.3, 0.4) is 0 Å². The van der Waals surface area contributed by atoms with Gasteiger partial charge in [0.05, 0.1) is 22.9 Å². The van der Waals surface area contributed by atoms with Gasteiger partial charge in [0.15, 0.2) is 9.84 Å². The molecule has 1 aromatic carbocycles. The molecule has 1 aliphatic heterocycles. The molecule has 2 rings (SSSR count). The minimum absolute atomic E-state index is 0.150. The summed E-state index contributed by atoms with van der Waals surface area (Å²) in [5.74, 6) is 0.602. The fourth-order valence-corrected chi connectivity index (χ4v) is 3.29. The van der Waals surface area contributed by atoms with Crippen LogP contribution in [0.25, 0.3) is 0 Å². The highest BCUT2D eigenvalue weighted by Gasteiger charge is 2.35. The van der Waals surface area contributed by atoms with Crippen molar-refractivity contribution in [3.8, 4) is 0 Å². The van der Waals surface area contributed by atoms with Crippen molar-refractivity contribution in [2.75, 3.05) is 5.75 Å². The minimum Gasteiger partial charge on any atom is -0.370 e. The molecular formula is C15H22O3S. The van der Waals surface area contributed by atoms with E-state index in [-0.39, 0.29) is 5.75 Å². The van der Waals surface area contributed by atoms with E-state index in [2.05, 4.69) is 13.8 Å². The Morgan fingerprint density at radius 3 is 2.21 bits per heavy atom. The zero-order valence-corrected chi connectivity index (χ0v) is 12.6. The molecule has 0 radical (unpaired) electrons. The molecule has 1 heterocycles. The van der Waals surface area contributed by atoms with E-state index in [1.165, 1.54) is 5.56 Å². The van der Waals surface area contributed by atoms with Crippen molar-refractivity contribution in [3.63, 3.8) is 0 Å². The number of rotatable bonds is 6. The predicted octanol–water partition coefficient (Wildman–Crippen LogP) is 3.15. The van der Waals surface area contributed by atoms with E-state index in [0.29, 0.717) is 23.0 Å². The molecule has 3 atom stereocenters. The lowest BCUT2D eigenvalue weighted by Crippen LogP contribution is -2.06. The van der Waals surface area contributed by atoms with E-state index < -0.39 is 9.84 Å². The molecule has 0 aliphatic carbocycles. The highest BCUT2D eigenvalue weighted by molar-refractivity contribution is 7.91. The Morgan fingerprint density at radius 1 is 1.21 bits per heavy atom. The van der Waals surface area contributed by atoms with Crippen LogP contribution in [0.4, 0.5) is 0 Å². The topological polar surface area (TPSA) is 46.7 Å². The first-order chi connectivity index (χ1) is 8.97. The van der Waals surface area contributed by atoms with Gasteiger partial charge in [-0.3, -0.25) is 0 Å². The average molecular weight is 282 g/mol. The third-order valence-electron chi connectivity index (χ3n) is 3.94. The molecule has 0 aromatic heterocycles. The maximum atomic E-state index is 11.8. The molecule has 1 fully saturated rings. The van der Waals surface area contributed by atoms with Crippen LogP contribution in [0.15, 0.2) is 29.2 Å². The molecule has 1 saturated heterocycles. The molecule has 0 N–H and O–H groups in total. The largest absolute Gasteiger partial charge is 0.370 e. The van der Waals surface area contributed by atoms with Gasteiger partial charge in [-0.05, 0) is 43.4 Å². The Kier molecular flexibility index (Phi) is 4.31. The molecule has 1 aromatic rings. The van der Waals surface area contributed by atoms with Gasteiger partial charge in [0.25, 0.3) is 0 Å². The number of sulfone groups is 1. The Bertz CT molecular complexity index is 519. The van der Waals surface area contributed by atoms with Crippen LogP contribution in [0, 0.1) is 0 Å². The second-order valence-electron chi connectivity index (χ2n) is 5.19. The molecule has 19 heavy (non-hydrogen) atoms. The van der Waals surface area contributed by atoms with Crippen LogP contribution < -0.4 is 0 Å². The maximum absolute atomic E-state index is 11.8. The zero-order valence-electron chi connectivity index (χ0n) is 11.8. The molecule has 106 valence electrons. The van der Waals surface area contributed by atoms with Gasteiger partial charge in [-0.25, -0.2) is 8.42 Å². The molecule has 3 unspecified atom stereocenters. The van der Waals surface area contributed by atoms with Gasteiger partial charge in [0.2, 0.25) is 0 Å². The maximum Gasteiger partial charge on any atom is 0.178 e. The normalized spacial score (nSPS) is 24.2. The third-order valence-corrected chi connectivity index (χ3v) is 5.69. The van der Waals surface area contributed by atoms with Crippen molar-refractivity contribution in [2.24, 2.45) is 0 Å². The summed E-state index contributed by atoms with van der Waals surface area (Å²) in [6, 6.07) is 7.36. The van der Waals surface area contributed by atoms with Crippen LogP contribution in [0.2, 0.25) is 0 Å². The van der Waals surface area contributed by atoms with Crippen molar-refractivity contribution < 1.29 is 13.2 Å². The monoisotopic (exact) mass is 282 g/mol. The molecule has 0 bridgehead atoms. The van der Waals surface area contributed by atoms with E-state index in [0.717, 1.165) is 12.8 Å². The highest BCUT2D eigenvalue weighted by Crippen LogP contribution is 2.34. The van der Waals surface area contributed by atoms with Gasteiger partial charge < -0.3 is 4.74 Å². The number of hydrogen-bond acceptors (Lipinski definition) is 3. The van der Waals surface area contributed by atoms with Crippen LogP contribution in [0.1, 0.15) is 45.1 Å². The number of ether oxygens (including phenoxy) is 1. The Labute approximate surface area is 115 Å². The molecule has 4 heteroatoms. The molecule has 1 aliphatic rings. The number of epoxide rings is 1. The Morgan fingerprint density at radius 2 is 1.79 bits per heavy atom. The summed E-state index contributed by atoms with van der Waals surface area (Å²) in [4.78, 5) is 0.421. The summed E-state index contributed by atoms with van der Waals surface area (Å²) in [6.45, 7) is 5.92. The van der Waals surface area contributed by atoms with Gasteiger partial charge in [-0.2, -0.15) is 0 Å². The SMILES string of the molecule is CCC(CC1OC1C)c1ccc(S(=O)(=O)CC)cc1. The summed E-state index contributed by atoms with van der Waals surface area (Å²) < 4.78 is 29.0. The smallest absolute Gasteiger partial charge is 0.178 e. The molecule has 0 saturated carbocycles. The lowest BCUT2D eigenvalue weighted by atomic mass is 9.91. The fourth-order valence-electron chi connectivity index (χ4n) is 2.41. The molecule has 0 amide bonds. The summed E-state index contributed by atoms with van der Waals surface area (Å²) in [5.41, 5.74) is 1.21. The third kappa shape index (κ3) is 3.37. The molecule has 0 spiro atoms. The average Bonchev–Trinajstić information content (AvgIpc) is 3.12. The molecule has 3 nitrogen and oxygen atoms in total. The number of hydrogen-bond donors (Lipinski definition) is 0. The summed E-state index contributed by atoms with van der Waals surface area (Å²) in [7, 11) is -3.09. The quantitative estimate of drug-likeness (QED) is 0.753. The minimum atomic E-state index is -3.09. The first-order valence-corrected chi connectivity index (χ1v) is 8.61. The van der Waals surface area contributed by atoms with Gasteiger partial charge in [0, 0.05) is 0 Å². The second kappa shape index (κ2) is 5.63. The van der Waals surface area contributed by atoms with E-state index >= 15 is 0 Å². The van der Waals surface area contributed by atoms with Crippen LogP contribution in [0.5, 0.6) is 0 Å². The van der Waals surface area contributed by atoms with E-state index in [9.17, 15) is 8.42 Å².